The number of ether oxygens (including phenoxy) is 1. The fourth-order valence-electron chi connectivity index (χ4n) is 3.58. The molecule has 2 N–H and O–H groups in total. The fourth-order valence-corrected chi connectivity index (χ4v) is 4.77. The number of halogens is 3. The zero-order valence-electron chi connectivity index (χ0n) is 20.5. The van der Waals surface area contributed by atoms with Gasteiger partial charge in [0, 0.05) is 31.3 Å². The van der Waals surface area contributed by atoms with Crippen molar-refractivity contribution >= 4 is 46.2 Å². The Morgan fingerprint density at radius 1 is 1.03 bits per heavy atom. The first-order valence-electron chi connectivity index (χ1n) is 11.9. The van der Waals surface area contributed by atoms with Gasteiger partial charge >= 0.3 is 6.18 Å². The lowest BCUT2D eigenvalue weighted by Crippen LogP contribution is -2.38. The summed E-state index contributed by atoms with van der Waals surface area (Å²) >= 11 is 6.74. The second kappa shape index (κ2) is 13.0. The van der Waals surface area contributed by atoms with Crippen LogP contribution < -0.4 is 10.6 Å². The Kier molecular flexibility index (Phi) is 9.44. The summed E-state index contributed by atoms with van der Waals surface area (Å²) in [6.45, 7) is 2.36. The van der Waals surface area contributed by atoms with Crippen LogP contribution in [0, 0.1) is 0 Å². The third kappa shape index (κ3) is 8.19. The predicted molar refractivity (Wildman–Crippen MR) is 145 cm³/mol. The molecular formula is C27H24F3N3O4S2. The molecule has 0 aliphatic carbocycles. The molecule has 0 unspecified atom stereocenters. The summed E-state index contributed by atoms with van der Waals surface area (Å²) in [5.74, 6) is -0.961. The van der Waals surface area contributed by atoms with Crippen LogP contribution in [0.1, 0.15) is 27.2 Å². The zero-order chi connectivity index (χ0) is 27.8. The average Bonchev–Trinajstić information content (AvgIpc) is 3.38. The first-order chi connectivity index (χ1) is 18.7. The van der Waals surface area contributed by atoms with E-state index in [1.54, 1.807) is 42.5 Å². The molecule has 0 radical (unpaired) electrons. The number of alkyl halides is 3. The van der Waals surface area contributed by atoms with Crippen molar-refractivity contribution in [2.24, 2.45) is 0 Å². The summed E-state index contributed by atoms with van der Waals surface area (Å²) in [5.41, 5.74) is -0.392. The number of thiocarbonyl (C=S) groups is 1. The van der Waals surface area contributed by atoms with E-state index in [0.717, 1.165) is 12.1 Å². The number of carbonyl (C=O) groups excluding carboxylic acids is 2. The third-order valence-electron chi connectivity index (χ3n) is 5.58. The van der Waals surface area contributed by atoms with E-state index in [4.69, 9.17) is 21.4 Å². The molecule has 0 bridgehead atoms. The molecule has 7 nitrogen and oxygen atoms in total. The Morgan fingerprint density at radius 2 is 1.77 bits per heavy atom. The molecule has 204 valence electrons. The first-order valence-corrected chi connectivity index (χ1v) is 13.1. The molecule has 3 aromatic rings. The van der Waals surface area contributed by atoms with Crippen LogP contribution in [0.5, 0.6) is 0 Å². The molecule has 12 heteroatoms. The summed E-state index contributed by atoms with van der Waals surface area (Å²) in [6, 6.07) is 16.2. The van der Waals surface area contributed by atoms with Crippen molar-refractivity contribution < 1.29 is 31.9 Å². The molecule has 1 aliphatic rings. The van der Waals surface area contributed by atoms with E-state index in [0.29, 0.717) is 41.3 Å². The lowest BCUT2D eigenvalue weighted by Gasteiger charge is -2.28. The number of nitrogens with one attached hydrogen (secondary N) is 2. The number of morpholine rings is 1. The Labute approximate surface area is 232 Å². The predicted octanol–water partition coefficient (Wildman–Crippen LogP) is 5.09. The topological polar surface area (TPSA) is 83.8 Å². The quantitative estimate of drug-likeness (QED) is 0.231. The van der Waals surface area contributed by atoms with Gasteiger partial charge in [0.15, 0.2) is 5.09 Å². The van der Waals surface area contributed by atoms with Gasteiger partial charge in [-0.1, -0.05) is 42.5 Å². The van der Waals surface area contributed by atoms with E-state index in [9.17, 15) is 22.8 Å². The average molecular weight is 576 g/mol. The Bertz CT molecular complexity index is 1350. The van der Waals surface area contributed by atoms with Gasteiger partial charge in [0.1, 0.15) is 15.8 Å². The van der Waals surface area contributed by atoms with Crippen molar-refractivity contribution in [3.8, 4) is 0 Å². The van der Waals surface area contributed by atoms with Gasteiger partial charge in [-0.25, -0.2) is 0 Å². The van der Waals surface area contributed by atoms with Gasteiger partial charge in [-0.15, -0.1) is 0 Å². The van der Waals surface area contributed by atoms with E-state index >= 15 is 0 Å². The summed E-state index contributed by atoms with van der Waals surface area (Å²) in [5, 5.41) is 5.63. The van der Waals surface area contributed by atoms with Gasteiger partial charge in [-0.2, -0.15) is 13.2 Å². The van der Waals surface area contributed by atoms with Gasteiger partial charge < -0.3 is 24.7 Å². The van der Waals surface area contributed by atoms with Crippen molar-refractivity contribution in [2.75, 3.05) is 26.3 Å². The Morgan fingerprint density at radius 3 is 2.49 bits per heavy atom. The molecule has 39 heavy (non-hydrogen) atoms. The van der Waals surface area contributed by atoms with Crippen LogP contribution >= 0.6 is 24.0 Å². The highest BCUT2D eigenvalue weighted by Gasteiger charge is 2.30. The standard InChI is InChI=1S/C27H24F3N3O4S2/c28-27(29,30)20-8-4-5-18(15-20)17-31-25(35)22(32-24(34)19-6-2-1-3-7-19)16-21-9-10-23(37-21)39-26(38)33-11-13-36-14-12-33/h1-10,15-16H,11-14,17H2,(H,31,35)(H,32,34)/b22-16-. The summed E-state index contributed by atoms with van der Waals surface area (Å²) in [6.07, 6.45) is -3.15. The number of hydrogen-bond acceptors (Lipinski definition) is 6. The van der Waals surface area contributed by atoms with Crippen LogP contribution in [0.2, 0.25) is 0 Å². The molecule has 2 aromatic carbocycles. The maximum Gasteiger partial charge on any atom is 0.416 e. The maximum atomic E-state index is 13.1. The second-order valence-electron chi connectivity index (χ2n) is 8.38. The molecule has 2 heterocycles. The number of rotatable bonds is 7. The summed E-state index contributed by atoms with van der Waals surface area (Å²) < 4.78 is 50.9. The molecule has 4 rings (SSSR count). The number of furan rings is 1. The number of benzene rings is 2. The van der Waals surface area contributed by atoms with Crippen LogP contribution in [-0.2, 0) is 22.3 Å². The number of thioether (sulfide) groups is 1. The second-order valence-corrected chi connectivity index (χ2v) is 10.0. The molecule has 1 aliphatic heterocycles. The number of amides is 2. The third-order valence-corrected chi connectivity index (χ3v) is 6.94. The van der Waals surface area contributed by atoms with Crippen molar-refractivity contribution in [1.29, 1.82) is 0 Å². The molecular weight excluding hydrogens is 551 g/mol. The van der Waals surface area contributed by atoms with Gasteiger partial charge in [0.2, 0.25) is 0 Å². The lowest BCUT2D eigenvalue weighted by atomic mass is 10.1. The zero-order valence-corrected chi connectivity index (χ0v) is 22.1. The minimum atomic E-state index is -4.51. The molecule has 1 aromatic heterocycles. The first kappa shape index (κ1) is 28.4. The monoisotopic (exact) mass is 575 g/mol. The minimum Gasteiger partial charge on any atom is -0.450 e. The van der Waals surface area contributed by atoms with Crippen LogP contribution in [0.25, 0.3) is 6.08 Å². The van der Waals surface area contributed by atoms with Gasteiger partial charge in [0.05, 0.1) is 18.8 Å². The van der Waals surface area contributed by atoms with E-state index in [-0.39, 0.29) is 23.6 Å². The molecule has 0 spiro atoms. The largest absolute Gasteiger partial charge is 0.450 e. The number of hydrogen-bond donors (Lipinski definition) is 2. The minimum absolute atomic E-state index is 0.141. The molecule has 0 atom stereocenters. The smallest absolute Gasteiger partial charge is 0.416 e. The maximum absolute atomic E-state index is 13.1. The van der Waals surface area contributed by atoms with E-state index in [1.165, 1.54) is 30.0 Å². The van der Waals surface area contributed by atoms with Crippen LogP contribution in [0.3, 0.4) is 0 Å². The fraction of sp³-hybridized carbons (Fsp3) is 0.222. The van der Waals surface area contributed by atoms with E-state index < -0.39 is 23.6 Å². The summed E-state index contributed by atoms with van der Waals surface area (Å²) in [4.78, 5) is 27.8. The molecule has 1 saturated heterocycles. The highest BCUT2D eigenvalue weighted by atomic mass is 32.2. The highest BCUT2D eigenvalue weighted by Crippen LogP contribution is 2.29. The van der Waals surface area contributed by atoms with Crippen molar-refractivity contribution in [3.05, 3.63) is 94.9 Å². The number of carbonyl (C=O) groups is 2. The SMILES string of the molecule is O=C(NCc1cccc(C(F)(F)F)c1)/C(=C/c1ccc(SC(=S)N2CCOCC2)o1)NC(=O)c1ccccc1. The van der Waals surface area contributed by atoms with E-state index in [1.807, 2.05) is 4.90 Å². The molecule has 2 amide bonds. The number of nitrogens with zero attached hydrogens (tertiary/aromatic N) is 1. The van der Waals surface area contributed by atoms with Crippen LogP contribution in [0.4, 0.5) is 13.2 Å². The van der Waals surface area contributed by atoms with E-state index in [2.05, 4.69) is 10.6 Å². The summed E-state index contributed by atoms with van der Waals surface area (Å²) in [7, 11) is 0. The van der Waals surface area contributed by atoms with Crippen LogP contribution in [-0.4, -0.2) is 47.3 Å². The lowest BCUT2D eigenvalue weighted by molar-refractivity contribution is -0.137. The van der Waals surface area contributed by atoms with Gasteiger partial charge in [0.25, 0.3) is 11.8 Å². The normalized spacial score (nSPS) is 14.1. The van der Waals surface area contributed by atoms with Crippen LogP contribution in [0.15, 0.2) is 81.9 Å². The highest BCUT2D eigenvalue weighted by molar-refractivity contribution is 8.22. The van der Waals surface area contributed by atoms with Gasteiger partial charge in [-0.05, 0) is 53.7 Å². The van der Waals surface area contributed by atoms with Crippen molar-refractivity contribution in [3.63, 3.8) is 0 Å². The Hall–Kier alpha value is -3.61. The van der Waals surface area contributed by atoms with Crippen molar-refractivity contribution in [2.45, 2.75) is 17.8 Å². The van der Waals surface area contributed by atoms with Gasteiger partial charge in [-0.3, -0.25) is 9.59 Å². The molecule has 1 fully saturated rings. The van der Waals surface area contributed by atoms with Crippen molar-refractivity contribution in [1.82, 2.24) is 15.5 Å². The molecule has 0 saturated carbocycles. The Balaban J connectivity index is 1.50.